The van der Waals surface area contributed by atoms with Crippen LogP contribution >= 0.6 is 11.3 Å². The van der Waals surface area contributed by atoms with Crippen LogP contribution in [0, 0.1) is 0 Å². The van der Waals surface area contributed by atoms with Gasteiger partial charge in [0, 0.05) is 23.2 Å². The van der Waals surface area contributed by atoms with Gasteiger partial charge in [0.05, 0.1) is 6.54 Å². The Balaban J connectivity index is 1.67. The van der Waals surface area contributed by atoms with Crippen LogP contribution < -0.4 is 10.2 Å². The van der Waals surface area contributed by atoms with Crippen LogP contribution in [-0.4, -0.2) is 30.9 Å². The molecule has 2 heterocycles. The van der Waals surface area contributed by atoms with Gasteiger partial charge in [-0.15, -0.1) is 11.3 Å². The first kappa shape index (κ1) is 17.0. The second-order valence-corrected chi connectivity index (χ2v) is 7.16. The molecule has 128 valence electrons. The third kappa shape index (κ3) is 3.61. The molecule has 1 aliphatic heterocycles. The average Bonchev–Trinajstić information content (AvgIpc) is 3.24. The van der Waals surface area contributed by atoms with E-state index in [2.05, 4.69) is 5.32 Å². The van der Waals surface area contributed by atoms with E-state index < -0.39 is 5.60 Å². The quantitative estimate of drug-likeness (QED) is 0.843. The number of carbonyl (C=O) groups is 1. The molecule has 0 bridgehead atoms. The molecule has 2 unspecified atom stereocenters. The minimum atomic E-state index is -0.904. The minimum Gasteiger partial charge on any atom is -0.447 e. The van der Waals surface area contributed by atoms with Crippen LogP contribution in [0.1, 0.15) is 30.3 Å². The molecule has 1 saturated heterocycles. The first-order valence-corrected chi connectivity index (χ1v) is 8.89. The van der Waals surface area contributed by atoms with Crippen molar-refractivity contribution in [3.05, 3.63) is 52.2 Å². The van der Waals surface area contributed by atoms with Gasteiger partial charge in [-0.3, -0.25) is 4.90 Å². The van der Waals surface area contributed by atoms with E-state index in [0.29, 0.717) is 19.7 Å². The number of hydrogen-bond donors (Lipinski definition) is 2. The van der Waals surface area contributed by atoms with E-state index in [1.54, 1.807) is 16.2 Å². The second kappa shape index (κ2) is 6.93. The Morgan fingerprint density at radius 1 is 1.42 bits per heavy atom. The van der Waals surface area contributed by atoms with E-state index in [9.17, 15) is 9.90 Å². The van der Waals surface area contributed by atoms with Crippen LogP contribution in [0.4, 0.5) is 10.5 Å². The van der Waals surface area contributed by atoms with E-state index in [1.807, 2.05) is 55.6 Å². The summed E-state index contributed by atoms with van der Waals surface area (Å²) in [5.74, 6) is 0. The predicted octanol–water partition coefficient (Wildman–Crippen LogP) is 3.26. The topological polar surface area (TPSA) is 61.8 Å². The van der Waals surface area contributed by atoms with Gasteiger partial charge in [-0.1, -0.05) is 18.2 Å². The highest BCUT2D eigenvalue weighted by Gasteiger charge is 2.26. The highest BCUT2D eigenvalue weighted by atomic mass is 32.1. The Kier molecular flexibility index (Phi) is 4.89. The third-order valence-corrected chi connectivity index (χ3v) is 5.37. The lowest BCUT2D eigenvalue weighted by molar-refractivity contribution is 0.0581. The summed E-state index contributed by atoms with van der Waals surface area (Å²) in [7, 11) is 0. The van der Waals surface area contributed by atoms with E-state index in [1.165, 1.54) is 0 Å². The molecule has 3 rings (SSSR count). The molecule has 0 spiro atoms. The van der Waals surface area contributed by atoms with Gasteiger partial charge in [-0.05, 0) is 43.0 Å². The van der Waals surface area contributed by atoms with Crippen LogP contribution in [0.5, 0.6) is 0 Å². The molecule has 2 aromatic rings. The van der Waals surface area contributed by atoms with Crippen molar-refractivity contribution in [3.63, 3.8) is 0 Å². The summed E-state index contributed by atoms with van der Waals surface area (Å²) in [4.78, 5) is 14.3. The monoisotopic (exact) mass is 346 g/mol. The van der Waals surface area contributed by atoms with Crippen LogP contribution in [-0.2, 0) is 10.3 Å². The van der Waals surface area contributed by atoms with Gasteiger partial charge < -0.3 is 15.2 Å². The van der Waals surface area contributed by atoms with Gasteiger partial charge in [-0.25, -0.2) is 4.79 Å². The largest absolute Gasteiger partial charge is 0.447 e. The Morgan fingerprint density at radius 3 is 2.92 bits per heavy atom. The molecule has 5 nitrogen and oxygen atoms in total. The molecule has 0 radical (unpaired) electrons. The number of amides is 1. The van der Waals surface area contributed by atoms with Crippen molar-refractivity contribution in [3.8, 4) is 0 Å². The number of benzene rings is 1. The summed E-state index contributed by atoms with van der Waals surface area (Å²) < 4.78 is 4.99. The normalized spacial score (nSPS) is 18.3. The maximum Gasteiger partial charge on any atom is 0.414 e. The van der Waals surface area contributed by atoms with Crippen molar-refractivity contribution in [2.45, 2.75) is 25.5 Å². The molecule has 2 N–H and O–H groups in total. The molecule has 1 aliphatic rings. The van der Waals surface area contributed by atoms with Crippen LogP contribution in [0.25, 0.3) is 0 Å². The molecule has 2 atom stereocenters. The lowest BCUT2D eigenvalue weighted by Gasteiger charge is -2.25. The molecule has 0 aliphatic carbocycles. The zero-order valence-electron chi connectivity index (χ0n) is 13.9. The number of hydrogen-bond acceptors (Lipinski definition) is 5. The van der Waals surface area contributed by atoms with Crippen molar-refractivity contribution in [1.29, 1.82) is 0 Å². The number of anilines is 1. The van der Waals surface area contributed by atoms with Crippen molar-refractivity contribution < 1.29 is 14.6 Å². The van der Waals surface area contributed by atoms with Crippen molar-refractivity contribution >= 4 is 23.1 Å². The van der Waals surface area contributed by atoms with Crippen molar-refractivity contribution in [1.82, 2.24) is 5.32 Å². The standard InChI is InChI=1S/C18H22N2O3S/c1-13(19-12-18(2,22)16-7-4-10-24-16)14-5-3-6-15(11-14)20-8-9-23-17(20)21/h3-7,10-11,13,19,22H,8-9,12H2,1-2H3. The second-order valence-electron chi connectivity index (χ2n) is 6.21. The summed E-state index contributed by atoms with van der Waals surface area (Å²) in [6.45, 7) is 5.32. The van der Waals surface area contributed by atoms with E-state index in [4.69, 9.17) is 4.74 Å². The number of rotatable bonds is 6. The first-order chi connectivity index (χ1) is 11.5. The number of ether oxygens (including phenoxy) is 1. The fraction of sp³-hybridized carbons (Fsp3) is 0.389. The predicted molar refractivity (Wildman–Crippen MR) is 95.4 cm³/mol. The fourth-order valence-corrected chi connectivity index (χ4v) is 3.52. The minimum absolute atomic E-state index is 0.0509. The van der Waals surface area contributed by atoms with Gasteiger partial charge in [0.1, 0.15) is 12.2 Å². The lowest BCUT2D eigenvalue weighted by Crippen LogP contribution is -2.36. The number of carbonyl (C=O) groups excluding carboxylic acids is 1. The third-order valence-electron chi connectivity index (χ3n) is 4.25. The number of aliphatic hydroxyl groups is 1. The summed E-state index contributed by atoms with van der Waals surface area (Å²) >= 11 is 1.55. The summed E-state index contributed by atoms with van der Waals surface area (Å²) in [5.41, 5.74) is 1.00. The molecule has 24 heavy (non-hydrogen) atoms. The number of cyclic esters (lactones) is 1. The van der Waals surface area contributed by atoms with Crippen LogP contribution in [0.15, 0.2) is 41.8 Å². The number of thiophene rings is 1. The SMILES string of the molecule is CC(NCC(C)(O)c1cccs1)c1cccc(N2CCOC2=O)c1. The first-order valence-electron chi connectivity index (χ1n) is 8.01. The lowest BCUT2D eigenvalue weighted by atomic mass is 10.0. The fourth-order valence-electron chi connectivity index (χ4n) is 2.73. The zero-order valence-corrected chi connectivity index (χ0v) is 14.7. The molecular weight excluding hydrogens is 324 g/mol. The van der Waals surface area contributed by atoms with Gasteiger partial charge in [-0.2, -0.15) is 0 Å². The van der Waals surface area contributed by atoms with Crippen LogP contribution in [0.2, 0.25) is 0 Å². The highest BCUT2D eigenvalue weighted by Crippen LogP contribution is 2.27. The molecular formula is C18H22N2O3S. The Hall–Kier alpha value is -1.89. The van der Waals surface area contributed by atoms with Gasteiger partial charge >= 0.3 is 6.09 Å². The summed E-state index contributed by atoms with van der Waals surface area (Å²) in [6.07, 6.45) is -0.298. The number of nitrogens with one attached hydrogen (secondary N) is 1. The molecule has 1 aromatic carbocycles. The Labute approximate surface area is 145 Å². The highest BCUT2D eigenvalue weighted by molar-refractivity contribution is 7.10. The molecule has 6 heteroatoms. The van der Waals surface area contributed by atoms with Gasteiger partial charge in [0.25, 0.3) is 0 Å². The molecule has 1 fully saturated rings. The summed E-state index contributed by atoms with van der Waals surface area (Å²) in [6, 6.07) is 11.8. The van der Waals surface area contributed by atoms with Crippen molar-refractivity contribution in [2.24, 2.45) is 0 Å². The maximum absolute atomic E-state index is 11.7. The smallest absolute Gasteiger partial charge is 0.414 e. The molecule has 0 saturated carbocycles. The van der Waals surface area contributed by atoms with E-state index in [-0.39, 0.29) is 12.1 Å². The van der Waals surface area contributed by atoms with E-state index >= 15 is 0 Å². The van der Waals surface area contributed by atoms with Gasteiger partial charge in [0.15, 0.2) is 0 Å². The van der Waals surface area contributed by atoms with Crippen LogP contribution in [0.3, 0.4) is 0 Å². The Morgan fingerprint density at radius 2 is 2.25 bits per heavy atom. The molecule has 1 aromatic heterocycles. The van der Waals surface area contributed by atoms with Crippen molar-refractivity contribution in [2.75, 3.05) is 24.6 Å². The zero-order chi connectivity index (χ0) is 17.2. The molecule has 1 amide bonds. The number of nitrogens with zero attached hydrogens (tertiary/aromatic N) is 1. The average molecular weight is 346 g/mol. The van der Waals surface area contributed by atoms with E-state index in [0.717, 1.165) is 16.1 Å². The Bertz CT molecular complexity index is 700. The maximum atomic E-state index is 11.7. The summed E-state index contributed by atoms with van der Waals surface area (Å²) in [5, 5.41) is 16.0. The van der Waals surface area contributed by atoms with Gasteiger partial charge in [0.2, 0.25) is 0 Å².